The first-order chi connectivity index (χ1) is 14.3. The first-order valence-electron chi connectivity index (χ1n) is 9.83. The van der Waals surface area contributed by atoms with Crippen LogP contribution in [0.5, 0.6) is 0 Å². The van der Waals surface area contributed by atoms with Gasteiger partial charge in [0.15, 0.2) is 0 Å². The third-order valence-electron chi connectivity index (χ3n) is 5.09. The number of aryl methyl sites for hydroxylation is 1. The van der Waals surface area contributed by atoms with Crippen molar-refractivity contribution in [1.29, 1.82) is 0 Å². The summed E-state index contributed by atoms with van der Waals surface area (Å²) in [5.74, 6) is -1.47. The number of amides is 2. The maximum absolute atomic E-state index is 12.9. The number of hydrogen-bond acceptors (Lipinski definition) is 3. The van der Waals surface area contributed by atoms with Gasteiger partial charge in [0.25, 0.3) is 11.7 Å². The molecule has 0 aliphatic heterocycles. The van der Waals surface area contributed by atoms with E-state index in [0.717, 1.165) is 11.1 Å². The molecular formula is C23H24ClN3O3. The van der Waals surface area contributed by atoms with Crippen molar-refractivity contribution in [3.63, 3.8) is 0 Å². The molecule has 0 radical (unpaired) electrons. The number of hydrogen-bond donors (Lipinski definition) is 1. The van der Waals surface area contributed by atoms with Crippen LogP contribution in [-0.2, 0) is 16.1 Å². The van der Waals surface area contributed by atoms with Gasteiger partial charge in [-0.15, -0.1) is 0 Å². The summed E-state index contributed by atoms with van der Waals surface area (Å²) in [6.07, 6.45) is 1.58. The molecule has 2 amide bonds. The van der Waals surface area contributed by atoms with Crippen molar-refractivity contribution in [1.82, 2.24) is 9.47 Å². The zero-order valence-electron chi connectivity index (χ0n) is 17.2. The van der Waals surface area contributed by atoms with Crippen LogP contribution in [0.25, 0.3) is 10.9 Å². The maximum atomic E-state index is 12.9. The lowest BCUT2D eigenvalue weighted by molar-refractivity contribution is -0.131. The first-order valence-corrected chi connectivity index (χ1v) is 10.2. The molecule has 6 nitrogen and oxygen atoms in total. The zero-order valence-corrected chi connectivity index (χ0v) is 18.0. The Hall–Kier alpha value is -3.12. The van der Waals surface area contributed by atoms with Crippen molar-refractivity contribution in [3.05, 3.63) is 64.8 Å². The van der Waals surface area contributed by atoms with E-state index < -0.39 is 11.7 Å². The van der Waals surface area contributed by atoms with Gasteiger partial charge in [0.05, 0.1) is 5.56 Å². The minimum atomic E-state index is -0.757. The van der Waals surface area contributed by atoms with E-state index >= 15 is 0 Å². The Balaban J connectivity index is 1.89. The SMILES string of the molecule is CCN(CC)C(=O)Cn1cc(C(=O)C(=O)Nc2ccc(C)c(Cl)c2)c2ccccc21. The van der Waals surface area contributed by atoms with Crippen molar-refractivity contribution < 1.29 is 14.4 Å². The molecule has 0 atom stereocenters. The Morgan fingerprint density at radius 1 is 1.07 bits per heavy atom. The van der Waals surface area contributed by atoms with Crippen molar-refractivity contribution in [2.45, 2.75) is 27.3 Å². The van der Waals surface area contributed by atoms with Crippen molar-refractivity contribution >= 4 is 45.8 Å². The fourth-order valence-corrected chi connectivity index (χ4v) is 3.54. The van der Waals surface area contributed by atoms with Crippen molar-refractivity contribution in [2.24, 2.45) is 0 Å². The summed E-state index contributed by atoms with van der Waals surface area (Å²) in [5.41, 5.74) is 2.31. The smallest absolute Gasteiger partial charge is 0.296 e. The molecule has 0 saturated heterocycles. The van der Waals surface area contributed by atoms with Gasteiger partial charge < -0.3 is 14.8 Å². The second-order valence-electron chi connectivity index (χ2n) is 7.00. The van der Waals surface area contributed by atoms with Gasteiger partial charge in [-0.2, -0.15) is 0 Å². The van der Waals surface area contributed by atoms with Gasteiger partial charge in [0, 0.05) is 40.9 Å². The number of ketones is 1. The van der Waals surface area contributed by atoms with Crippen LogP contribution in [0, 0.1) is 6.92 Å². The van der Waals surface area contributed by atoms with Crippen molar-refractivity contribution in [2.75, 3.05) is 18.4 Å². The van der Waals surface area contributed by atoms with Gasteiger partial charge in [0.1, 0.15) is 6.54 Å². The number of benzene rings is 2. The van der Waals surface area contributed by atoms with Crippen molar-refractivity contribution in [3.8, 4) is 0 Å². The van der Waals surface area contributed by atoms with Gasteiger partial charge in [-0.25, -0.2) is 0 Å². The number of aromatic nitrogens is 1. The molecular weight excluding hydrogens is 402 g/mol. The van der Waals surface area contributed by atoms with Crippen LogP contribution in [0.3, 0.4) is 0 Å². The zero-order chi connectivity index (χ0) is 21.8. The molecule has 0 bridgehead atoms. The van der Waals surface area contributed by atoms with E-state index in [1.165, 1.54) is 0 Å². The van der Waals surface area contributed by atoms with Gasteiger partial charge in [-0.05, 0) is 44.5 Å². The lowest BCUT2D eigenvalue weighted by Crippen LogP contribution is -2.33. The van der Waals surface area contributed by atoms with Crippen LogP contribution in [0.2, 0.25) is 5.02 Å². The Labute approximate surface area is 180 Å². The average Bonchev–Trinajstić information content (AvgIpc) is 3.09. The third-order valence-corrected chi connectivity index (χ3v) is 5.50. The topological polar surface area (TPSA) is 71.4 Å². The molecule has 1 heterocycles. The number of halogens is 1. The normalized spacial score (nSPS) is 10.8. The molecule has 1 aromatic heterocycles. The second kappa shape index (κ2) is 9.13. The van der Waals surface area contributed by atoms with Gasteiger partial charge in [0.2, 0.25) is 5.91 Å². The minimum Gasteiger partial charge on any atom is -0.342 e. The van der Waals surface area contributed by atoms with E-state index in [9.17, 15) is 14.4 Å². The van der Waals surface area contributed by atoms with Gasteiger partial charge >= 0.3 is 0 Å². The number of Topliss-reactive ketones (excluding diaryl/α,β-unsaturated/α-hetero) is 1. The molecule has 0 unspecified atom stereocenters. The van der Waals surface area contributed by atoms with Crippen LogP contribution >= 0.6 is 11.6 Å². The Kier molecular flexibility index (Phi) is 6.57. The van der Waals surface area contributed by atoms with E-state index in [0.29, 0.717) is 29.2 Å². The Morgan fingerprint density at radius 3 is 2.43 bits per heavy atom. The molecule has 0 saturated carbocycles. The van der Waals surface area contributed by atoms with E-state index in [1.54, 1.807) is 46.0 Å². The van der Waals surface area contributed by atoms with E-state index in [2.05, 4.69) is 5.32 Å². The molecule has 2 aromatic carbocycles. The summed E-state index contributed by atoms with van der Waals surface area (Å²) in [7, 11) is 0. The van der Waals surface area contributed by atoms with E-state index in [1.807, 2.05) is 32.9 Å². The number of carbonyl (C=O) groups is 3. The van der Waals surface area contributed by atoms with Crippen LogP contribution in [-0.4, -0.2) is 40.2 Å². The molecule has 0 fully saturated rings. The molecule has 30 heavy (non-hydrogen) atoms. The summed E-state index contributed by atoms with van der Waals surface area (Å²) in [4.78, 5) is 39.8. The number of para-hydroxylation sites is 1. The monoisotopic (exact) mass is 425 g/mol. The molecule has 0 spiro atoms. The van der Waals surface area contributed by atoms with Crippen LogP contribution in [0.15, 0.2) is 48.7 Å². The molecule has 1 N–H and O–H groups in total. The highest BCUT2D eigenvalue weighted by Crippen LogP contribution is 2.24. The fraction of sp³-hybridized carbons (Fsp3) is 0.261. The third kappa shape index (κ3) is 4.39. The summed E-state index contributed by atoms with van der Waals surface area (Å²) >= 11 is 6.10. The number of rotatable bonds is 7. The van der Waals surface area contributed by atoms with Crippen LogP contribution in [0.1, 0.15) is 29.8 Å². The predicted octanol–water partition coefficient (Wildman–Crippen LogP) is 4.29. The van der Waals surface area contributed by atoms with E-state index in [4.69, 9.17) is 11.6 Å². The fourth-order valence-electron chi connectivity index (χ4n) is 3.36. The molecule has 156 valence electrons. The summed E-state index contributed by atoms with van der Waals surface area (Å²) in [6, 6.07) is 12.3. The number of nitrogens with zero attached hydrogens (tertiary/aromatic N) is 2. The first kappa shape index (κ1) is 21.6. The number of nitrogens with one attached hydrogen (secondary N) is 1. The highest BCUT2D eigenvalue weighted by Gasteiger charge is 2.23. The lowest BCUT2D eigenvalue weighted by atomic mass is 10.1. The Bertz CT molecular complexity index is 1120. The minimum absolute atomic E-state index is 0.0431. The van der Waals surface area contributed by atoms with Crippen LogP contribution < -0.4 is 5.32 Å². The molecule has 0 aliphatic rings. The molecule has 7 heteroatoms. The number of anilines is 1. The van der Waals surface area contributed by atoms with E-state index in [-0.39, 0.29) is 18.0 Å². The quantitative estimate of drug-likeness (QED) is 0.453. The lowest BCUT2D eigenvalue weighted by Gasteiger charge is -2.19. The second-order valence-corrected chi connectivity index (χ2v) is 7.41. The molecule has 0 aliphatic carbocycles. The average molecular weight is 426 g/mol. The summed E-state index contributed by atoms with van der Waals surface area (Å²) in [5, 5.41) is 3.74. The van der Waals surface area contributed by atoms with Gasteiger partial charge in [-0.3, -0.25) is 14.4 Å². The number of carbonyl (C=O) groups excluding carboxylic acids is 3. The number of likely N-dealkylation sites (N-methyl/N-ethyl adjacent to an activating group) is 1. The summed E-state index contributed by atoms with van der Waals surface area (Å²) < 4.78 is 1.72. The maximum Gasteiger partial charge on any atom is 0.296 e. The highest BCUT2D eigenvalue weighted by atomic mass is 35.5. The summed E-state index contributed by atoms with van der Waals surface area (Å²) in [6.45, 7) is 7.03. The Morgan fingerprint density at radius 2 is 1.77 bits per heavy atom. The highest BCUT2D eigenvalue weighted by molar-refractivity contribution is 6.48. The predicted molar refractivity (Wildman–Crippen MR) is 119 cm³/mol. The number of fused-ring (bicyclic) bond motifs is 1. The molecule has 3 rings (SSSR count). The van der Waals surface area contributed by atoms with Gasteiger partial charge in [-0.1, -0.05) is 35.9 Å². The molecule has 3 aromatic rings. The standard InChI is InChI=1S/C23H24ClN3O3/c1-4-26(5-2)21(28)14-27-13-18(17-8-6-7-9-20(17)27)22(29)23(30)25-16-11-10-15(3)19(24)12-16/h6-13H,4-5,14H2,1-3H3,(H,25,30). The van der Waals surface area contributed by atoms with Crippen LogP contribution in [0.4, 0.5) is 5.69 Å². The largest absolute Gasteiger partial charge is 0.342 e.